The maximum atomic E-state index is 13.4. The molecule has 0 saturated heterocycles. The largest absolute Gasteiger partial charge is 0.481 e. The van der Waals surface area contributed by atoms with Crippen LogP contribution in [0.3, 0.4) is 0 Å². The lowest BCUT2D eigenvalue weighted by atomic mass is 9.79. The van der Waals surface area contributed by atoms with Crippen molar-refractivity contribution in [3.63, 3.8) is 0 Å². The van der Waals surface area contributed by atoms with E-state index in [1.165, 1.54) is 0 Å². The van der Waals surface area contributed by atoms with Gasteiger partial charge >= 0.3 is 12.1 Å². The molecule has 1 aliphatic heterocycles. The first-order valence-electron chi connectivity index (χ1n) is 7.93. The first-order valence-corrected chi connectivity index (χ1v) is 7.93. The van der Waals surface area contributed by atoms with E-state index in [-0.39, 0.29) is 35.9 Å². The number of alkyl halides is 3. The zero-order chi connectivity index (χ0) is 17.9. The molecule has 1 N–H and O–H groups in total. The van der Waals surface area contributed by atoms with E-state index in [0.717, 1.165) is 13.1 Å². The third-order valence-electron chi connectivity index (χ3n) is 4.53. The Morgan fingerprint density at radius 3 is 2.42 bits per heavy atom. The Hall–Kier alpha value is -1.92. The average Bonchev–Trinajstić information content (AvgIpc) is 2.47. The van der Waals surface area contributed by atoms with Crippen molar-refractivity contribution in [2.75, 3.05) is 6.54 Å². The average molecular weight is 343 g/mol. The summed E-state index contributed by atoms with van der Waals surface area (Å²) >= 11 is 0. The second kappa shape index (κ2) is 7.32. The molecule has 1 fully saturated rings. The van der Waals surface area contributed by atoms with Crippen LogP contribution in [-0.2, 0) is 9.59 Å². The molecule has 0 amide bonds. The van der Waals surface area contributed by atoms with Crippen LogP contribution in [0.1, 0.15) is 39.0 Å². The van der Waals surface area contributed by atoms with Gasteiger partial charge < -0.3 is 5.11 Å². The van der Waals surface area contributed by atoms with Crippen LogP contribution in [-0.4, -0.2) is 35.8 Å². The molecule has 0 aromatic rings. The maximum absolute atomic E-state index is 13.4. The van der Waals surface area contributed by atoms with Crippen molar-refractivity contribution in [3.8, 4) is 0 Å². The van der Waals surface area contributed by atoms with E-state index >= 15 is 0 Å². The number of carboxylic acids is 1. The Labute approximate surface area is 138 Å². The van der Waals surface area contributed by atoms with Crippen LogP contribution in [0.15, 0.2) is 27.8 Å². The van der Waals surface area contributed by atoms with Gasteiger partial charge in [0, 0.05) is 18.2 Å². The fourth-order valence-electron chi connectivity index (χ4n) is 3.38. The molecule has 2 rings (SSSR count). The summed E-state index contributed by atoms with van der Waals surface area (Å²) in [5.41, 5.74) is -1.21. The number of Topliss-reactive ketones (excluding diaryl/α,β-unsaturated/α-hetero) is 1. The molecule has 0 spiro atoms. The molecule has 132 valence electrons. The lowest BCUT2D eigenvalue weighted by Gasteiger charge is -2.27. The summed E-state index contributed by atoms with van der Waals surface area (Å²) < 4.78 is 40.2. The third kappa shape index (κ3) is 4.55. The van der Waals surface area contributed by atoms with E-state index < -0.39 is 23.5 Å². The standard InChI is InChI=1S/C17H20F3NO3/c1-10(22)14-9-21-8-13(16(14)17(18,19)20)6-11-2-4-12(5-3-11)7-15(23)24/h6,9,11-12H,2-5,7-8H2,1H3,(H,23,24)/b13-6-. The molecule has 0 aromatic heterocycles. The van der Waals surface area contributed by atoms with E-state index in [1.807, 2.05) is 0 Å². The molecule has 0 bridgehead atoms. The predicted octanol–water partition coefficient (Wildman–Crippen LogP) is 3.73. The molecular weight excluding hydrogens is 323 g/mol. The number of nitrogens with zero attached hydrogens (tertiary/aromatic N) is 1. The van der Waals surface area contributed by atoms with Gasteiger partial charge in [-0.2, -0.15) is 13.2 Å². The minimum atomic E-state index is -4.60. The van der Waals surface area contributed by atoms with E-state index in [1.54, 1.807) is 6.08 Å². The Morgan fingerprint density at radius 2 is 1.92 bits per heavy atom. The van der Waals surface area contributed by atoms with Crippen LogP contribution in [0.4, 0.5) is 13.2 Å². The smallest absolute Gasteiger partial charge is 0.417 e. The topological polar surface area (TPSA) is 66.7 Å². The van der Waals surface area contributed by atoms with Gasteiger partial charge in [-0.25, -0.2) is 0 Å². The quantitative estimate of drug-likeness (QED) is 0.846. The Kier molecular flexibility index (Phi) is 5.62. The normalized spacial score (nSPS) is 26.8. The summed E-state index contributed by atoms with van der Waals surface area (Å²) in [7, 11) is 0. The SMILES string of the molecule is CC(=O)C1=C(C(F)(F)F)/C(=C\C2CCC(CC(=O)O)CC2)CN=C1. The number of rotatable bonds is 4. The van der Waals surface area contributed by atoms with Crippen molar-refractivity contribution >= 4 is 18.0 Å². The number of carbonyl (C=O) groups is 2. The molecule has 24 heavy (non-hydrogen) atoms. The molecule has 2 aliphatic rings. The van der Waals surface area contributed by atoms with Crippen LogP contribution in [0, 0.1) is 11.8 Å². The van der Waals surface area contributed by atoms with Gasteiger partial charge in [0.15, 0.2) is 5.78 Å². The molecule has 0 radical (unpaired) electrons. The number of ketones is 1. The van der Waals surface area contributed by atoms with Gasteiger partial charge in [-0.15, -0.1) is 0 Å². The first-order chi connectivity index (χ1) is 11.2. The number of dihydropyridines is 1. The third-order valence-corrected chi connectivity index (χ3v) is 4.53. The number of aliphatic carboxylic acids is 1. The summed E-state index contributed by atoms with van der Waals surface area (Å²) in [4.78, 5) is 26.1. The van der Waals surface area contributed by atoms with Crippen molar-refractivity contribution < 1.29 is 27.9 Å². The molecule has 4 nitrogen and oxygen atoms in total. The second-order valence-electron chi connectivity index (χ2n) is 6.38. The summed E-state index contributed by atoms with van der Waals surface area (Å²) in [5, 5.41) is 8.81. The van der Waals surface area contributed by atoms with Crippen LogP contribution in [0.5, 0.6) is 0 Å². The van der Waals surface area contributed by atoms with Gasteiger partial charge in [0.05, 0.1) is 12.1 Å². The van der Waals surface area contributed by atoms with Crippen LogP contribution in [0.2, 0.25) is 0 Å². The van der Waals surface area contributed by atoms with E-state index in [9.17, 15) is 22.8 Å². The molecule has 0 aromatic carbocycles. The van der Waals surface area contributed by atoms with E-state index in [0.29, 0.717) is 25.7 Å². The minimum absolute atomic E-state index is 0.0381. The number of carboxylic acid groups (broad SMARTS) is 1. The van der Waals surface area contributed by atoms with Crippen molar-refractivity contribution in [1.82, 2.24) is 0 Å². The number of hydrogen-bond donors (Lipinski definition) is 1. The molecule has 7 heteroatoms. The fourth-order valence-corrected chi connectivity index (χ4v) is 3.38. The highest BCUT2D eigenvalue weighted by molar-refractivity contribution is 6.14. The summed E-state index contributed by atoms with van der Waals surface area (Å²) in [6.45, 7) is 1.02. The molecular formula is C17H20F3NO3. The molecule has 0 atom stereocenters. The number of aliphatic imine (C=N–C) groups is 1. The van der Waals surface area contributed by atoms with Crippen molar-refractivity contribution in [3.05, 3.63) is 22.8 Å². The van der Waals surface area contributed by atoms with Crippen LogP contribution < -0.4 is 0 Å². The maximum Gasteiger partial charge on any atom is 0.417 e. The summed E-state index contributed by atoms with van der Waals surface area (Å²) in [6.07, 6.45) is 0.793. The molecule has 1 aliphatic carbocycles. The van der Waals surface area contributed by atoms with Crippen LogP contribution in [0.25, 0.3) is 0 Å². The van der Waals surface area contributed by atoms with Gasteiger partial charge in [-0.1, -0.05) is 6.08 Å². The second-order valence-corrected chi connectivity index (χ2v) is 6.38. The Balaban J connectivity index is 2.19. The van der Waals surface area contributed by atoms with Gasteiger partial charge in [0.1, 0.15) is 0 Å². The number of allylic oxidation sites excluding steroid dienone is 2. The van der Waals surface area contributed by atoms with E-state index in [2.05, 4.69) is 4.99 Å². The highest BCUT2D eigenvalue weighted by atomic mass is 19.4. The van der Waals surface area contributed by atoms with Gasteiger partial charge in [-0.05, 0) is 50.0 Å². The minimum Gasteiger partial charge on any atom is -0.481 e. The van der Waals surface area contributed by atoms with Gasteiger partial charge in [0.25, 0.3) is 0 Å². The molecule has 0 unspecified atom stereocenters. The monoisotopic (exact) mass is 343 g/mol. The number of halogens is 3. The highest BCUT2D eigenvalue weighted by Crippen LogP contribution is 2.38. The van der Waals surface area contributed by atoms with Gasteiger partial charge in [0.2, 0.25) is 0 Å². The highest BCUT2D eigenvalue weighted by Gasteiger charge is 2.40. The lowest BCUT2D eigenvalue weighted by molar-refractivity contribution is -0.138. The zero-order valence-electron chi connectivity index (χ0n) is 13.4. The van der Waals surface area contributed by atoms with Crippen molar-refractivity contribution in [2.45, 2.75) is 45.2 Å². The fraction of sp³-hybridized carbons (Fsp3) is 0.588. The Bertz CT molecular complexity index is 609. The molecule has 1 saturated carbocycles. The van der Waals surface area contributed by atoms with Crippen molar-refractivity contribution in [1.29, 1.82) is 0 Å². The Morgan fingerprint density at radius 1 is 1.29 bits per heavy atom. The molecule has 1 heterocycles. The lowest BCUT2D eigenvalue weighted by Crippen LogP contribution is -2.24. The number of hydrogen-bond acceptors (Lipinski definition) is 3. The van der Waals surface area contributed by atoms with E-state index in [4.69, 9.17) is 5.11 Å². The first kappa shape index (κ1) is 18.4. The predicted molar refractivity (Wildman–Crippen MR) is 82.9 cm³/mol. The van der Waals surface area contributed by atoms with Crippen LogP contribution >= 0.6 is 0 Å². The van der Waals surface area contributed by atoms with Gasteiger partial charge in [-0.3, -0.25) is 14.6 Å². The summed E-state index contributed by atoms with van der Waals surface area (Å²) in [5.74, 6) is -1.44. The summed E-state index contributed by atoms with van der Waals surface area (Å²) in [6, 6.07) is 0. The number of carbonyl (C=O) groups excluding carboxylic acids is 1. The van der Waals surface area contributed by atoms with Crippen molar-refractivity contribution in [2.24, 2.45) is 16.8 Å². The zero-order valence-corrected chi connectivity index (χ0v) is 13.4.